The molecule has 1 aromatic rings. The van der Waals surface area contributed by atoms with Gasteiger partial charge in [0.25, 0.3) is 5.66 Å². The Hall–Kier alpha value is -1.63. The van der Waals surface area contributed by atoms with Gasteiger partial charge in [0.05, 0.1) is 5.56 Å². The van der Waals surface area contributed by atoms with Crippen molar-refractivity contribution in [2.24, 2.45) is 5.92 Å². The normalized spacial score (nSPS) is 19.4. The first-order valence-electron chi connectivity index (χ1n) is 12.1. The predicted octanol–water partition coefficient (Wildman–Crippen LogP) is 6.07. The van der Waals surface area contributed by atoms with Crippen molar-refractivity contribution >= 4 is 37.9 Å². The molecule has 1 aliphatic carbocycles. The Morgan fingerprint density at radius 1 is 1.35 bits per heavy atom. The van der Waals surface area contributed by atoms with Crippen molar-refractivity contribution in [1.82, 2.24) is 10.6 Å². The Labute approximate surface area is 207 Å². The van der Waals surface area contributed by atoms with Crippen LogP contribution in [0.2, 0.25) is 0 Å². The van der Waals surface area contributed by atoms with Gasteiger partial charge in [-0.2, -0.15) is 8.78 Å². The molecule has 2 heterocycles. The van der Waals surface area contributed by atoms with Crippen LogP contribution in [0.5, 0.6) is 0 Å². The molecule has 188 valence electrons. The zero-order valence-electron chi connectivity index (χ0n) is 20.3. The van der Waals surface area contributed by atoms with Crippen molar-refractivity contribution in [3.63, 3.8) is 0 Å². The lowest BCUT2D eigenvalue weighted by molar-refractivity contribution is 0.112. The van der Waals surface area contributed by atoms with Crippen LogP contribution in [-0.2, 0) is 12.8 Å². The summed E-state index contributed by atoms with van der Waals surface area (Å²) in [4.78, 5) is 25.7. The fraction of sp³-hybridized carbons (Fsp3) is 0.600. The number of thiophene rings is 1. The standard InChI is InChI=1S/C25H36F2N3O2PS/c1-4-5-6-17-12-28-10-9-18(17)20(16(3)25(26,27)33)13-29-24(32)30-23-21(14-31)19-8-7-15(2)11-22(19)34-23/h14-15,28H,4-13,33H2,1-3H3,(H2,29,30,32)/b20-16+. The second-order valence-corrected chi connectivity index (χ2v) is 11.2. The highest BCUT2D eigenvalue weighted by atomic mass is 32.1. The molecule has 0 bridgehead atoms. The summed E-state index contributed by atoms with van der Waals surface area (Å²) in [6, 6.07) is -0.489. The number of urea groups is 1. The van der Waals surface area contributed by atoms with E-state index < -0.39 is 11.7 Å². The smallest absolute Gasteiger partial charge is 0.320 e. The zero-order valence-corrected chi connectivity index (χ0v) is 22.3. The second kappa shape index (κ2) is 11.9. The Morgan fingerprint density at radius 2 is 2.12 bits per heavy atom. The number of fused-ring (bicyclic) bond motifs is 1. The van der Waals surface area contributed by atoms with Crippen LogP contribution in [0.15, 0.2) is 22.3 Å². The molecule has 0 fully saturated rings. The van der Waals surface area contributed by atoms with Crippen LogP contribution in [-0.4, -0.2) is 37.6 Å². The van der Waals surface area contributed by atoms with E-state index >= 15 is 0 Å². The number of aldehydes is 1. The number of alkyl halides is 2. The molecule has 0 spiro atoms. The number of carbonyl (C=O) groups excluding carboxylic acids is 2. The lowest BCUT2D eigenvalue weighted by Crippen LogP contribution is -2.34. The number of rotatable bonds is 9. The van der Waals surface area contributed by atoms with Crippen molar-refractivity contribution in [1.29, 1.82) is 0 Å². The number of unbranched alkanes of at least 4 members (excludes halogenated alkanes) is 1. The summed E-state index contributed by atoms with van der Waals surface area (Å²) in [5, 5.41) is 9.47. The Balaban J connectivity index is 1.81. The van der Waals surface area contributed by atoms with Crippen LogP contribution in [0, 0.1) is 5.92 Å². The molecular formula is C25H36F2N3O2PS. The quantitative estimate of drug-likeness (QED) is 0.278. The highest BCUT2D eigenvalue weighted by molar-refractivity contribution is 7.18. The van der Waals surface area contributed by atoms with Crippen molar-refractivity contribution < 1.29 is 18.4 Å². The Morgan fingerprint density at radius 3 is 2.79 bits per heavy atom. The van der Waals surface area contributed by atoms with Gasteiger partial charge in [-0.3, -0.25) is 10.1 Å². The van der Waals surface area contributed by atoms with Crippen LogP contribution < -0.4 is 16.0 Å². The minimum absolute atomic E-state index is 0.00512. The van der Waals surface area contributed by atoms with Gasteiger partial charge in [0.15, 0.2) is 6.29 Å². The fourth-order valence-corrected chi connectivity index (χ4v) is 6.25. The van der Waals surface area contributed by atoms with Crippen molar-refractivity contribution in [3.05, 3.63) is 38.3 Å². The average Bonchev–Trinajstić information content (AvgIpc) is 3.13. The minimum atomic E-state index is -3.06. The van der Waals surface area contributed by atoms with E-state index in [9.17, 15) is 18.4 Å². The van der Waals surface area contributed by atoms with Gasteiger partial charge in [-0.25, -0.2) is 4.79 Å². The second-order valence-electron chi connectivity index (χ2n) is 9.36. The molecule has 3 rings (SSSR count). The summed E-state index contributed by atoms with van der Waals surface area (Å²) in [6.45, 7) is 7.14. The minimum Gasteiger partial charge on any atom is -0.334 e. The molecule has 2 aliphatic rings. The Kier molecular flexibility index (Phi) is 9.41. The van der Waals surface area contributed by atoms with E-state index in [-0.39, 0.29) is 12.1 Å². The van der Waals surface area contributed by atoms with Crippen LogP contribution in [0.1, 0.15) is 73.7 Å². The summed E-state index contributed by atoms with van der Waals surface area (Å²) in [6.07, 6.45) is 7.10. The molecule has 1 aromatic heterocycles. The molecule has 0 saturated heterocycles. The molecule has 0 saturated carbocycles. The lowest BCUT2D eigenvalue weighted by Gasteiger charge is -2.27. The molecule has 1 aliphatic heterocycles. The van der Waals surface area contributed by atoms with Gasteiger partial charge in [-0.05, 0) is 74.6 Å². The van der Waals surface area contributed by atoms with E-state index in [0.717, 1.165) is 72.9 Å². The van der Waals surface area contributed by atoms with E-state index in [1.165, 1.54) is 18.3 Å². The molecule has 2 amide bonds. The fourth-order valence-electron chi connectivity index (χ4n) is 4.71. The number of hydrogen-bond donors (Lipinski definition) is 3. The number of halogens is 2. The van der Waals surface area contributed by atoms with E-state index in [2.05, 4.69) is 29.8 Å². The molecule has 2 atom stereocenters. The van der Waals surface area contributed by atoms with Gasteiger partial charge in [-0.1, -0.05) is 35.1 Å². The zero-order chi connectivity index (χ0) is 24.9. The van der Waals surface area contributed by atoms with Gasteiger partial charge < -0.3 is 10.6 Å². The van der Waals surface area contributed by atoms with E-state index in [4.69, 9.17) is 0 Å². The maximum Gasteiger partial charge on any atom is 0.320 e. The summed E-state index contributed by atoms with van der Waals surface area (Å²) in [5.41, 5.74) is 1.05. The first-order valence-corrected chi connectivity index (χ1v) is 13.5. The third-order valence-corrected chi connectivity index (χ3v) is 8.41. The number of carbonyl (C=O) groups is 2. The highest BCUT2D eigenvalue weighted by Crippen LogP contribution is 2.39. The number of allylic oxidation sites excluding steroid dienone is 1. The first-order chi connectivity index (χ1) is 16.2. The number of nitrogens with one attached hydrogen (secondary N) is 3. The number of anilines is 1. The summed E-state index contributed by atoms with van der Waals surface area (Å²) >= 11 is 1.44. The number of hydrogen-bond acceptors (Lipinski definition) is 4. The predicted molar refractivity (Wildman–Crippen MR) is 139 cm³/mol. The topological polar surface area (TPSA) is 70.2 Å². The van der Waals surface area contributed by atoms with Gasteiger partial charge in [0.1, 0.15) is 5.00 Å². The molecule has 3 N–H and O–H groups in total. The number of amides is 2. The third kappa shape index (κ3) is 6.52. The maximum absolute atomic E-state index is 14.3. The SMILES string of the molecule is CCCCC1=C(/C(CNC(=O)Nc2sc3c(c2C=O)CCC(C)C3)=C(\C)C(F)(F)P)CCNC1. The average molecular weight is 512 g/mol. The molecule has 2 unspecified atom stereocenters. The molecular weight excluding hydrogens is 475 g/mol. The maximum atomic E-state index is 14.3. The monoisotopic (exact) mass is 511 g/mol. The summed E-state index contributed by atoms with van der Waals surface area (Å²) in [7, 11) is 1.62. The summed E-state index contributed by atoms with van der Waals surface area (Å²) in [5.74, 6) is 0.553. The van der Waals surface area contributed by atoms with Gasteiger partial charge >= 0.3 is 6.03 Å². The van der Waals surface area contributed by atoms with Crippen molar-refractivity contribution in [3.8, 4) is 0 Å². The lowest BCUT2D eigenvalue weighted by atomic mass is 9.88. The van der Waals surface area contributed by atoms with Crippen LogP contribution in [0.3, 0.4) is 0 Å². The third-order valence-electron chi connectivity index (χ3n) is 6.79. The van der Waals surface area contributed by atoms with E-state index in [1.807, 2.05) is 0 Å². The molecule has 0 radical (unpaired) electrons. The first kappa shape index (κ1) is 27.0. The van der Waals surface area contributed by atoms with Crippen LogP contribution >= 0.6 is 20.6 Å². The van der Waals surface area contributed by atoms with Crippen LogP contribution in [0.25, 0.3) is 0 Å². The molecule has 34 heavy (non-hydrogen) atoms. The van der Waals surface area contributed by atoms with E-state index in [1.54, 1.807) is 9.24 Å². The largest absolute Gasteiger partial charge is 0.334 e. The van der Waals surface area contributed by atoms with Gasteiger partial charge in [-0.15, -0.1) is 11.3 Å². The van der Waals surface area contributed by atoms with E-state index in [0.29, 0.717) is 35.0 Å². The highest BCUT2D eigenvalue weighted by Gasteiger charge is 2.30. The van der Waals surface area contributed by atoms with Gasteiger partial charge in [0.2, 0.25) is 0 Å². The molecule has 9 heteroatoms. The van der Waals surface area contributed by atoms with Crippen LogP contribution in [0.4, 0.5) is 18.6 Å². The van der Waals surface area contributed by atoms with Crippen molar-refractivity contribution in [2.45, 2.75) is 71.4 Å². The molecule has 0 aromatic carbocycles. The van der Waals surface area contributed by atoms with Crippen molar-refractivity contribution in [2.75, 3.05) is 25.0 Å². The molecule has 5 nitrogen and oxygen atoms in total. The Bertz CT molecular complexity index is 982. The van der Waals surface area contributed by atoms with Gasteiger partial charge in [0, 0.05) is 23.5 Å². The summed E-state index contributed by atoms with van der Waals surface area (Å²) < 4.78 is 28.7.